The van der Waals surface area contributed by atoms with E-state index in [1.807, 2.05) is 24.3 Å². The van der Waals surface area contributed by atoms with E-state index >= 15 is 0 Å². The third kappa shape index (κ3) is 2.30. The minimum atomic E-state index is -0.809. The van der Waals surface area contributed by atoms with Crippen LogP contribution in [-0.4, -0.2) is 15.1 Å². The topological polar surface area (TPSA) is 46.0 Å². The summed E-state index contributed by atoms with van der Waals surface area (Å²) in [6.45, 7) is 0. The van der Waals surface area contributed by atoms with Gasteiger partial charge >= 0.3 is 0 Å². The Morgan fingerprint density at radius 1 is 1.00 bits per heavy atom. The van der Waals surface area contributed by atoms with Gasteiger partial charge in [0.05, 0.1) is 10.7 Å². The molecule has 0 saturated heterocycles. The van der Waals surface area contributed by atoms with Gasteiger partial charge in [-0.1, -0.05) is 35.9 Å². The number of aliphatic hydroxyl groups is 1. The highest BCUT2D eigenvalue weighted by Gasteiger charge is 2.15. The molecular weight excluding hydrogens is 260 g/mol. The molecule has 3 aromatic rings. The molecule has 1 N–H and O–H groups in total. The molecule has 4 heteroatoms. The first kappa shape index (κ1) is 12.1. The Labute approximate surface area is 115 Å². The van der Waals surface area contributed by atoms with Crippen molar-refractivity contribution in [3.05, 3.63) is 71.3 Å². The average molecular weight is 271 g/mol. The number of hydrogen-bond acceptors (Lipinski definition) is 3. The lowest BCUT2D eigenvalue weighted by molar-refractivity contribution is 0.216. The average Bonchev–Trinajstić information content (AvgIpc) is 2.47. The molecule has 19 heavy (non-hydrogen) atoms. The second-order valence-corrected chi connectivity index (χ2v) is 4.69. The van der Waals surface area contributed by atoms with Crippen molar-refractivity contribution in [3.63, 3.8) is 0 Å². The fourth-order valence-electron chi connectivity index (χ4n) is 2.07. The fourth-order valence-corrected chi connectivity index (χ4v) is 2.18. The molecule has 0 aliphatic carbocycles. The van der Waals surface area contributed by atoms with Gasteiger partial charge in [0, 0.05) is 29.5 Å². The van der Waals surface area contributed by atoms with Crippen molar-refractivity contribution in [3.8, 4) is 0 Å². The van der Waals surface area contributed by atoms with Crippen LogP contribution in [0.1, 0.15) is 17.4 Å². The maximum Gasteiger partial charge on any atom is 0.123 e. The molecule has 0 amide bonds. The Bertz CT molecular complexity index is 707. The number of aliphatic hydroxyl groups excluding tert-OH is 1. The van der Waals surface area contributed by atoms with Crippen LogP contribution < -0.4 is 0 Å². The molecule has 94 valence electrons. The van der Waals surface area contributed by atoms with Gasteiger partial charge in [-0.3, -0.25) is 9.97 Å². The van der Waals surface area contributed by atoms with Crippen molar-refractivity contribution >= 4 is 22.4 Å². The van der Waals surface area contributed by atoms with Gasteiger partial charge in [-0.2, -0.15) is 0 Å². The molecule has 0 spiro atoms. The van der Waals surface area contributed by atoms with Crippen LogP contribution in [0.15, 0.2) is 55.0 Å². The Kier molecular flexibility index (Phi) is 3.15. The number of aromatic nitrogens is 2. The molecule has 1 aromatic carbocycles. The van der Waals surface area contributed by atoms with Crippen molar-refractivity contribution in [1.82, 2.24) is 9.97 Å². The third-order valence-electron chi connectivity index (χ3n) is 3.02. The van der Waals surface area contributed by atoms with E-state index in [2.05, 4.69) is 9.97 Å². The first-order valence-electron chi connectivity index (χ1n) is 5.88. The number of benzene rings is 1. The summed E-state index contributed by atoms with van der Waals surface area (Å²) in [4.78, 5) is 8.31. The third-order valence-corrected chi connectivity index (χ3v) is 3.25. The van der Waals surface area contributed by atoms with E-state index in [0.717, 1.165) is 16.3 Å². The molecule has 0 aliphatic heterocycles. The lowest BCUT2D eigenvalue weighted by Gasteiger charge is -2.12. The molecule has 3 nitrogen and oxygen atoms in total. The summed E-state index contributed by atoms with van der Waals surface area (Å²) in [6, 6.07) is 11.2. The van der Waals surface area contributed by atoms with Gasteiger partial charge in [0.15, 0.2) is 0 Å². The second kappa shape index (κ2) is 4.96. The van der Waals surface area contributed by atoms with Crippen LogP contribution in [0.2, 0.25) is 5.02 Å². The summed E-state index contributed by atoms with van der Waals surface area (Å²) >= 11 is 5.80. The van der Waals surface area contributed by atoms with Crippen LogP contribution in [-0.2, 0) is 0 Å². The van der Waals surface area contributed by atoms with Gasteiger partial charge < -0.3 is 5.11 Å². The molecule has 0 fully saturated rings. The smallest absolute Gasteiger partial charge is 0.123 e. The highest BCUT2D eigenvalue weighted by atomic mass is 35.5. The number of halogens is 1. The molecule has 2 heterocycles. The van der Waals surface area contributed by atoms with Crippen LogP contribution in [0.25, 0.3) is 10.8 Å². The first-order chi connectivity index (χ1) is 9.25. The highest BCUT2D eigenvalue weighted by Crippen LogP contribution is 2.27. The van der Waals surface area contributed by atoms with Crippen molar-refractivity contribution in [2.45, 2.75) is 6.10 Å². The van der Waals surface area contributed by atoms with Crippen LogP contribution >= 0.6 is 11.6 Å². The molecule has 0 bridgehead atoms. The van der Waals surface area contributed by atoms with Crippen LogP contribution in [0, 0.1) is 0 Å². The minimum Gasteiger partial charge on any atom is -0.382 e. The van der Waals surface area contributed by atoms with E-state index in [-0.39, 0.29) is 0 Å². The molecular formula is C15H11ClN2O. The maximum atomic E-state index is 10.4. The molecule has 2 aromatic heterocycles. The minimum absolute atomic E-state index is 0.548. The number of fused-ring (bicyclic) bond motifs is 1. The monoisotopic (exact) mass is 270 g/mol. The van der Waals surface area contributed by atoms with Crippen molar-refractivity contribution in [2.24, 2.45) is 0 Å². The van der Waals surface area contributed by atoms with Crippen LogP contribution in [0.3, 0.4) is 0 Å². The molecule has 0 saturated carbocycles. The zero-order valence-corrected chi connectivity index (χ0v) is 10.7. The van der Waals surface area contributed by atoms with Gasteiger partial charge in [0.2, 0.25) is 0 Å². The van der Waals surface area contributed by atoms with Crippen LogP contribution in [0.5, 0.6) is 0 Å². The lowest BCUT2D eigenvalue weighted by Crippen LogP contribution is -2.03. The lowest BCUT2D eigenvalue weighted by atomic mass is 10.0. The molecule has 0 radical (unpaired) electrons. The van der Waals surface area contributed by atoms with Crippen LogP contribution in [0.4, 0.5) is 0 Å². The predicted molar refractivity (Wildman–Crippen MR) is 75.1 cm³/mol. The van der Waals surface area contributed by atoms with E-state index in [4.69, 9.17) is 11.6 Å². The Balaban J connectivity index is 2.11. The van der Waals surface area contributed by atoms with E-state index in [1.165, 1.54) is 6.20 Å². The summed E-state index contributed by atoms with van der Waals surface area (Å²) in [5.41, 5.74) is 1.30. The zero-order chi connectivity index (χ0) is 13.2. The number of pyridine rings is 2. The molecule has 1 atom stereocenters. The molecule has 0 aliphatic rings. The van der Waals surface area contributed by atoms with E-state index in [0.29, 0.717) is 10.7 Å². The van der Waals surface area contributed by atoms with Gasteiger partial charge in [0.1, 0.15) is 6.10 Å². The van der Waals surface area contributed by atoms with Gasteiger partial charge in [0.25, 0.3) is 0 Å². The summed E-state index contributed by atoms with van der Waals surface area (Å²) in [5, 5.41) is 13.0. The van der Waals surface area contributed by atoms with E-state index in [9.17, 15) is 5.11 Å². The largest absolute Gasteiger partial charge is 0.382 e. The van der Waals surface area contributed by atoms with E-state index in [1.54, 1.807) is 24.5 Å². The first-order valence-corrected chi connectivity index (χ1v) is 6.25. The second-order valence-electron chi connectivity index (χ2n) is 4.25. The van der Waals surface area contributed by atoms with Crippen molar-refractivity contribution in [2.75, 3.05) is 0 Å². The summed E-state index contributed by atoms with van der Waals surface area (Å²) in [7, 11) is 0. The van der Waals surface area contributed by atoms with Crippen molar-refractivity contribution < 1.29 is 5.11 Å². The number of hydrogen-bond donors (Lipinski definition) is 1. The quantitative estimate of drug-likeness (QED) is 0.777. The maximum absolute atomic E-state index is 10.4. The normalized spacial score (nSPS) is 12.5. The highest BCUT2D eigenvalue weighted by molar-refractivity contribution is 6.30. The van der Waals surface area contributed by atoms with Gasteiger partial charge in [-0.05, 0) is 17.5 Å². The van der Waals surface area contributed by atoms with Crippen molar-refractivity contribution in [1.29, 1.82) is 0 Å². The Hall–Kier alpha value is -1.97. The Morgan fingerprint density at radius 2 is 1.84 bits per heavy atom. The summed E-state index contributed by atoms with van der Waals surface area (Å²) in [6.07, 6.45) is 4.17. The fraction of sp³-hybridized carbons (Fsp3) is 0.0667. The number of rotatable bonds is 2. The summed E-state index contributed by atoms with van der Waals surface area (Å²) in [5.74, 6) is 0. The standard InChI is InChI=1S/C15H11ClN2O/c16-11-5-6-14(18-8-11)15(19)13-9-17-7-10-3-1-2-4-12(10)13/h1-9,15,19H. The predicted octanol–water partition coefficient (Wildman–Crippen LogP) is 3.36. The zero-order valence-electron chi connectivity index (χ0n) is 9.99. The summed E-state index contributed by atoms with van der Waals surface area (Å²) < 4.78 is 0. The Morgan fingerprint density at radius 3 is 2.63 bits per heavy atom. The number of nitrogens with zero attached hydrogens (tertiary/aromatic N) is 2. The molecule has 1 unspecified atom stereocenters. The van der Waals surface area contributed by atoms with Gasteiger partial charge in [-0.15, -0.1) is 0 Å². The molecule has 3 rings (SSSR count). The van der Waals surface area contributed by atoms with Gasteiger partial charge in [-0.25, -0.2) is 0 Å². The SMILES string of the molecule is OC(c1ccc(Cl)cn1)c1cncc2ccccc12. The van der Waals surface area contributed by atoms with E-state index < -0.39 is 6.10 Å².